The van der Waals surface area contributed by atoms with Crippen molar-refractivity contribution < 1.29 is 9.90 Å². The standard InChI is InChI=1S/C14H18O2/c1-3-11(2)13-9-7-12(8-10-13)5-4-6-14(15)16/h4-5,7-11H,3,6H2,1-2H3,(H,15,16)/b5-4+. The minimum absolute atomic E-state index is 0.0765. The maximum atomic E-state index is 10.3. The maximum absolute atomic E-state index is 10.3. The second kappa shape index (κ2) is 6.11. The molecule has 0 saturated heterocycles. The van der Waals surface area contributed by atoms with Gasteiger partial charge in [0.15, 0.2) is 0 Å². The van der Waals surface area contributed by atoms with E-state index in [0.29, 0.717) is 5.92 Å². The Morgan fingerprint density at radius 1 is 1.38 bits per heavy atom. The van der Waals surface area contributed by atoms with Crippen LogP contribution in [-0.2, 0) is 4.79 Å². The summed E-state index contributed by atoms with van der Waals surface area (Å²) in [6.45, 7) is 4.38. The molecule has 1 unspecified atom stereocenters. The molecule has 0 heterocycles. The molecule has 0 amide bonds. The monoisotopic (exact) mass is 218 g/mol. The number of rotatable bonds is 5. The highest BCUT2D eigenvalue weighted by atomic mass is 16.4. The lowest BCUT2D eigenvalue weighted by molar-refractivity contribution is -0.135. The number of carboxylic acid groups (broad SMARTS) is 1. The average molecular weight is 218 g/mol. The van der Waals surface area contributed by atoms with Crippen LogP contribution in [0.4, 0.5) is 0 Å². The predicted molar refractivity (Wildman–Crippen MR) is 66.4 cm³/mol. The Morgan fingerprint density at radius 3 is 2.50 bits per heavy atom. The zero-order valence-corrected chi connectivity index (χ0v) is 9.81. The van der Waals surface area contributed by atoms with Crippen LogP contribution in [0.5, 0.6) is 0 Å². The number of benzene rings is 1. The van der Waals surface area contributed by atoms with Crippen molar-refractivity contribution in [3.63, 3.8) is 0 Å². The molecule has 0 aliphatic rings. The minimum Gasteiger partial charge on any atom is -0.481 e. The Labute approximate surface area is 96.6 Å². The lowest BCUT2D eigenvalue weighted by Crippen LogP contribution is -1.91. The van der Waals surface area contributed by atoms with Gasteiger partial charge in [-0.2, -0.15) is 0 Å². The Balaban J connectivity index is 2.64. The van der Waals surface area contributed by atoms with Gasteiger partial charge in [-0.15, -0.1) is 0 Å². The largest absolute Gasteiger partial charge is 0.481 e. The summed E-state index contributed by atoms with van der Waals surface area (Å²) in [7, 11) is 0. The van der Waals surface area contributed by atoms with E-state index in [-0.39, 0.29) is 6.42 Å². The summed E-state index contributed by atoms with van der Waals surface area (Å²) in [6.07, 6.45) is 4.72. The van der Waals surface area contributed by atoms with E-state index in [2.05, 4.69) is 26.0 Å². The Hall–Kier alpha value is -1.57. The molecule has 1 aromatic rings. The third-order valence-electron chi connectivity index (χ3n) is 2.72. The molecule has 0 aliphatic heterocycles. The summed E-state index contributed by atoms with van der Waals surface area (Å²) >= 11 is 0. The van der Waals surface area contributed by atoms with E-state index in [1.807, 2.05) is 18.2 Å². The molecule has 1 atom stereocenters. The molecule has 1 aromatic carbocycles. The van der Waals surface area contributed by atoms with Gasteiger partial charge >= 0.3 is 5.97 Å². The van der Waals surface area contributed by atoms with Crippen molar-refractivity contribution in [1.82, 2.24) is 0 Å². The van der Waals surface area contributed by atoms with E-state index in [9.17, 15) is 4.79 Å². The van der Waals surface area contributed by atoms with Crippen LogP contribution in [0.2, 0.25) is 0 Å². The van der Waals surface area contributed by atoms with Gasteiger partial charge in [0.2, 0.25) is 0 Å². The van der Waals surface area contributed by atoms with Crippen LogP contribution in [-0.4, -0.2) is 11.1 Å². The zero-order chi connectivity index (χ0) is 12.0. The van der Waals surface area contributed by atoms with Gasteiger partial charge in [0.25, 0.3) is 0 Å². The summed E-state index contributed by atoms with van der Waals surface area (Å²) in [5.74, 6) is -0.218. The molecule has 16 heavy (non-hydrogen) atoms. The molecule has 0 radical (unpaired) electrons. The Morgan fingerprint density at radius 2 is 2.00 bits per heavy atom. The number of hydrogen-bond donors (Lipinski definition) is 1. The number of aliphatic carboxylic acids is 1. The van der Waals surface area contributed by atoms with Crippen LogP contribution >= 0.6 is 0 Å². The van der Waals surface area contributed by atoms with Crippen molar-refractivity contribution in [2.75, 3.05) is 0 Å². The fraction of sp³-hybridized carbons (Fsp3) is 0.357. The first-order valence-corrected chi connectivity index (χ1v) is 5.61. The van der Waals surface area contributed by atoms with Gasteiger partial charge in [-0.1, -0.05) is 50.3 Å². The molecule has 0 saturated carbocycles. The van der Waals surface area contributed by atoms with Crippen LogP contribution in [0.25, 0.3) is 6.08 Å². The van der Waals surface area contributed by atoms with Gasteiger partial charge in [-0.3, -0.25) is 4.79 Å². The van der Waals surface area contributed by atoms with Crippen LogP contribution in [0.15, 0.2) is 30.3 Å². The molecule has 2 heteroatoms. The highest BCUT2D eigenvalue weighted by Gasteiger charge is 2.01. The highest BCUT2D eigenvalue weighted by Crippen LogP contribution is 2.19. The molecule has 0 bridgehead atoms. The van der Waals surface area contributed by atoms with E-state index in [1.165, 1.54) is 5.56 Å². The van der Waals surface area contributed by atoms with Gasteiger partial charge < -0.3 is 5.11 Å². The topological polar surface area (TPSA) is 37.3 Å². The van der Waals surface area contributed by atoms with Gasteiger partial charge in [0.05, 0.1) is 6.42 Å². The van der Waals surface area contributed by atoms with E-state index in [0.717, 1.165) is 12.0 Å². The average Bonchev–Trinajstić information content (AvgIpc) is 2.28. The van der Waals surface area contributed by atoms with Crippen LogP contribution in [0.1, 0.15) is 43.7 Å². The molecule has 0 aliphatic carbocycles. The Bertz CT molecular complexity index is 363. The molecule has 2 nitrogen and oxygen atoms in total. The van der Waals surface area contributed by atoms with Crippen molar-refractivity contribution in [1.29, 1.82) is 0 Å². The molecule has 1 N–H and O–H groups in total. The van der Waals surface area contributed by atoms with Gasteiger partial charge in [-0.05, 0) is 23.5 Å². The second-order valence-electron chi connectivity index (χ2n) is 3.98. The molecule has 1 rings (SSSR count). The maximum Gasteiger partial charge on any atom is 0.307 e. The van der Waals surface area contributed by atoms with Crippen LogP contribution in [0, 0.1) is 0 Å². The summed E-state index contributed by atoms with van der Waals surface area (Å²) in [5.41, 5.74) is 2.38. The van der Waals surface area contributed by atoms with E-state index in [1.54, 1.807) is 6.08 Å². The molecular formula is C14H18O2. The summed E-state index contributed by atoms with van der Waals surface area (Å²) in [5, 5.41) is 8.49. The molecule has 86 valence electrons. The lowest BCUT2D eigenvalue weighted by atomic mass is 9.97. The third-order valence-corrected chi connectivity index (χ3v) is 2.72. The van der Waals surface area contributed by atoms with Crippen molar-refractivity contribution in [3.8, 4) is 0 Å². The van der Waals surface area contributed by atoms with Gasteiger partial charge in [0, 0.05) is 0 Å². The van der Waals surface area contributed by atoms with E-state index >= 15 is 0 Å². The van der Waals surface area contributed by atoms with Crippen molar-refractivity contribution in [3.05, 3.63) is 41.5 Å². The normalized spacial score (nSPS) is 12.9. The van der Waals surface area contributed by atoms with Crippen molar-refractivity contribution in [2.24, 2.45) is 0 Å². The van der Waals surface area contributed by atoms with Crippen molar-refractivity contribution >= 4 is 12.0 Å². The van der Waals surface area contributed by atoms with E-state index < -0.39 is 5.97 Å². The zero-order valence-electron chi connectivity index (χ0n) is 9.81. The van der Waals surface area contributed by atoms with Crippen LogP contribution < -0.4 is 0 Å². The first kappa shape index (κ1) is 12.5. The molecule has 0 aromatic heterocycles. The van der Waals surface area contributed by atoms with Gasteiger partial charge in [-0.25, -0.2) is 0 Å². The fourth-order valence-electron chi connectivity index (χ4n) is 1.47. The third kappa shape index (κ3) is 3.89. The number of carbonyl (C=O) groups is 1. The first-order chi connectivity index (χ1) is 7.63. The lowest BCUT2D eigenvalue weighted by Gasteiger charge is -2.08. The molecule has 0 spiro atoms. The minimum atomic E-state index is -0.799. The highest BCUT2D eigenvalue weighted by molar-refractivity contribution is 5.70. The predicted octanol–water partition coefficient (Wildman–Crippen LogP) is 3.69. The SMILES string of the molecule is CCC(C)c1ccc(/C=C/CC(=O)O)cc1. The second-order valence-corrected chi connectivity index (χ2v) is 3.98. The number of hydrogen-bond acceptors (Lipinski definition) is 1. The van der Waals surface area contributed by atoms with Crippen molar-refractivity contribution in [2.45, 2.75) is 32.6 Å². The molecule has 0 fully saturated rings. The summed E-state index contributed by atoms with van der Waals surface area (Å²) in [4.78, 5) is 10.3. The van der Waals surface area contributed by atoms with Gasteiger partial charge in [0.1, 0.15) is 0 Å². The quantitative estimate of drug-likeness (QED) is 0.818. The number of carboxylic acids is 1. The smallest absolute Gasteiger partial charge is 0.307 e. The first-order valence-electron chi connectivity index (χ1n) is 5.61. The van der Waals surface area contributed by atoms with E-state index in [4.69, 9.17) is 5.11 Å². The fourth-order valence-corrected chi connectivity index (χ4v) is 1.47. The Kier molecular flexibility index (Phi) is 4.77. The molecular weight excluding hydrogens is 200 g/mol. The summed E-state index contributed by atoms with van der Waals surface area (Å²) < 4.78 is 0. The summed E-state index contributed by atoms with van der Waals surface area (Å²) in [6, 6.07) is 8.27. The van der Waals surface area contributed by atoms with Crippen LogP contribution in [0.3, 0.4) is 0 Å².